The molecular weight excluding hydrogens is 214 g/mol. The van der Waals surface area contributed by atoms with Crippen LogP contribution in [0, 0.1) is 5.92 Å². The molecule has 0 unspecified atom stereocenters. The fraction of sp³-hybridized carbons (Fsp3) is 0.769. The highest BCUT2D eigenvalue weighted by atomic mass is 16.5. The quantitative estimate of drug-likeness (QED) is 0.841. The van der Waals surface area contributed by atoms with Crippen molar-refractivity contribution in [3.63, 3.8) is 0 Å². The van der Waals surface area contributed by atoms with Crippen molar-refractivity contribution in [1.82, 2.24) is 14.9 Å². The zero-order chi connectivity index (χ0) is 12.3. The van der Waals surface area contributed by atoms with Gasteiger partial charge in [-0.25, -0.2) is 4.98 Å². The Balaban J connectivity index is 2.25. The summed E-state index contributed by atoms with van der Waals surface area (Å²) in [5.74, 6) is 1.87. The zero-order valence-corrected chi connectivity index (χ0v) is 11.1. The number of rotatable bonds is 5. The Kier molecular flexibility index (Phi) is 4.18. The van der Waals surface area contributed by atoms with Crippen LogP contribution in [0.4, 0.5) is 0 Å². The first kappa shape index (κ1) is 12.6. The number of imidazole rings is 1. The average Bonchev–Trinajstić information content (AvgIpc) is 2.63. The summed E-state index contributed by atoms with van der Waals surface area (Å²) in [5, 5.41) is 3.38. The van der Waals surface area contributed by atoms with Crippen LogP contribution in [0.1, 0.15) is 31.1 Å². The lowest BCUT2D eigenvalue weighted by Gasteiger charge is -2.16. The first-order valence-electron chi connectivity index (χ1n) is 6.49. The summed E-state index contributed by atoms with van der Waals surface area (Å²) in [6.07, 6.45) is 2.14. The molecule has 0 saturated heterocycles. The summed E-state index contributed by atoms with van der Waals surface area (Å²) < 4.78 is 7.58. The first-order valence-corrected chi connectivity index (χ1v) is 6.49. The number of aromatic nitrogens is 2. The minimum absolute atomic E-state index is 0.646. The van der Waals surface area contributed by atoms with Crippen LogP contribution in [0.3, 0.4) is 0 Å². The van der Waals surface area contributed by atoms with Crippen LogP contribution in [-0.2, 0) is 30.7 Å². The Hall–Kier alpha value is -0.870. The van der Waals surface area contributed by atoms with E-state index in [4.69, 9.17) is 9.72 Å². The molecule has 0 bridgehead atoms. The van der Waals surface area contributed by atoms with E-state index >= 15 is 0 Å². The van der Waals surface area contributed by atoms with Gasteiger partial charge in [0.05, 0.1) is 12.3 Å². The molecule has 0 aliphatic carbocycles. The second kappa shape index (κ2) is 5.65. The molecule has 17 heavy (non-hydrogen) atoms. The molecule has 0 atom stereocenters. The molecule has 1 aliphatic rings. The second-order valence-electron chi connectivity index (χ2n) is 5.09. The van der Waals surface area contributed by atoms with Crippen LogP contribution in [0.15, 0.2) is 0 Å². The smallest absolute Gasteiger partial charge is 0.109 e. The van der Waals surface area contributed by atoms with Crippen LogP contribution < -0.4 is 5.32 Å². The lowest BCUT2D eigenvalue weighted by Crippen LogP contribution is -2.25. The number of nitrogens with zero attached hydrogens (tertiary/aromatic N) is 2. The van der Waals surface area contributed by atoms with Gasteiger partial charge in [-0.2, -0.15) is 0 Å². The lowest BCUT2D eigenvalue weighted by molar-refractivity contribution is 0.185. The maximum absolute atomic E-state index is 5.20. The largest absolute Gasteiger partial charge is 0.383 e. The third-order valence-corrected chi connectivity index (χ3v) is 3.18. The summed E-state index contributed by atoms with van der Waals surface area (Å²) >= 11 is 0. The third kappa shape index (κ3) is 2.87. The van der Waals surface area contributed by atoms with Crippen molar-refractivity contribution in [1.29, 1.82) is 0 Å². The zero-order valence-electron chi connectivity index (χ0n) is 11.1. The number of hydrogen-bond acceptors (Lipinski definition) is 3. The minimum atomic E-state index is 0.646. The molecule has 1 aliphatic heterocycles. The maximum atomic E-state index is 5.20. The minimum Gasteiger partial charge on any atom is -0.383 e. The Labute approximate surface area is 103 Å². The van der Waals surface area contributed by atoms with E-state index in [0.717, 1.165) is 39.1 Å². The van der Waals surface area contributed by atoms with E-state index in [1.54, 1.807) is 7.11 Å². The van der Waals surface area contributed by atoms with Crippen molar-refractivity contribution < 1.29 is 4.74 Å². The number of hydrogen-bond donors (Lipinski definition) is 1. The molecular formula is C13H23N3O. The van der Waals surface area contributed by atoms with Crippen LogP contribution >= 0.6 is 0 Å². The molecule has 96 valence electrons. The van der Waals surface area contributed by atoms with Crippen LogP contribution in [0.25, 0.3) is 0 Å². The molecule has 0 aromatic carbocycles. The molecule has 2 heterocycles. The molecule has 1 aromatic rings. The van der Waals surface area contributed by atoms with E-state index in [1.807, 2.05) is 0 Å². The summed E-state index contributed by atoms with van der Waals surface area (Å²) in [6, 6.07) is 0. The molecule has 0 radical (unpaired) electrons. The molecule has 1 aromatic heterocycles. The molecule has 4 nitrogen and oxygen atoms in total. The monoisotopic (exact) mass is 237 g/mol. The molecule has 0 amide bonds. The van der Waals surface area contributed by atoms with Crippen molar-refractivity contribution in [2.24, 2.45) is 5.92 Å². The predicted octanol–water partition coefficient (Wildman–Crippen LogP) is 1.37. The molecule has 0 spiro atoms. The van der Waals surface area contributed by atoms with Gasteiger partial charge in [-0.3, -0.25) is 0 Å². The van der Waals surface area contributed by atoms with Crippen molar-refractivity contribution >= 4 is 0 Å². The van der Waals surface area contributed by atoms with E-state index in [2.05, 4.69) is 23.7 Å². The normalized spacial score (nSPS) is 15.3. The SMILES string of the molecule is COCCn1c(CC(C)C)nc2c1CCNC2. The van der Waals surface area contributed by atoms with Gasteiger partial charge in [0.2, 0.25) is 0 Å². The van der Waals surface area contributed by atoms with Gasteiger partial charge in [0.15, 0.2) is 0 Å². The first-order chi connectivity index (χ1) is 8.22. The van der Waals surface area contributed by atoms with Gasteiger partial charge in [-0.1, -0.05) is 13.8 Å². The highest BCUT2D eigenvalue weighted by molar-refractivity contribution is 5.20. The Bertz CT molecular complexity index is 371. The fourth-order valence-corrected chi connectivity index (χ4v) is 2.39. The molecule has 4 heteroatoms. The van der Waals surface area contributed by atoms with E-state index in [0.29, 0.717) is 5.92 Å². The van der Waals surface area contributed by atoms with Gasteiger partial charge < -0.3 is 14.6 Å². The summed E-state index contributed by atoms with van der Waals surface area (Å²) in [6.45, 7) is 8.16. The van der Waals surface area contributed by atoms with Crippen molar-refractivity contribution in [3.05, 3.63) is 17.2 Å². The van der Waals surface area contributed by atoms with E-state index in [-0.39, 0.29) is 0 Å². The van der Waals surface area contributed by atoms with Crippen molar-refractivity contribution in [2.45, 2.75) is 39.8 Å². The molecule has 0 saturated carbocycles. The molecule has 1 N–H and O–H groups in total. The third-order valence-electron chi connectivity index (χ3n) is 3.18. The lowest BCUT2D eigenvalue weighted by atomic mass is 10.1. The summed E-state index contributed by atoms with van der Waals surface area (Å²) in [5.41, 5.74) is 2.65. The topological polar surface area (TPSA) is 39.1 Å². The van der Waals surface area contributed by atoms with Crippen LogP contribution in [0.5, 0.6) is 0 Å². The predicted molar refractivity (Wildman–Crippen MR) is 68.1 cm³/mol. The number of nitrogens with one attached hydrogen (secondary N) is 1. The average molecular weight is 237 g/mol. The van der Waals surface area contributed by atoms with Gasteiger partial charge >= 0.3 is 0 Å². The second-order valence-corrected chi connectivity index (χ2v) is 5.09. The van der Waals surface area contributed by atoms with Crippen LogP contribution in [0.2, 0.25) is 0 Å². The van der Waals surface area contributed by atoms with Gasteiger partial charge in [-0.05, 0) is 5.92 Å². The van der Waals surface area contributed by atoms with E-state index in [1.165, 1.54) is 17.2 Å². The van der Waals surface area contributed by atoms with Crippen LogP contribution in [-0.4, -0.2) is 29.8 Å². The maximum Gasteiger partial charge on any atom is 0.109 e. The summed E-state index contributed by atoms with van der Waals surface area (Å²) in [7, 11) is 1.76. The standard InChI is InChI=1S/C13H23N3O/c1-10(2)8-13-15-11-9-14-5-4-12(11)16(13)6-7-17-3/h10,14H,4-9H2,1-3H3. The fourth-order valence-electron chi connectivity index (χ4n) is 2.39. The van der Waals surface area contributed by atoms with E-state index < -0.39 is 0 Å². The summed E-state index contributed by atoms with van der Waals surface area (Å²) in [4.78, 5) is 4.79. The number of methoxy groups -OCH3 is 1. The number of ether oxygens (including phenoxy) is 1. The Morgan fingerprint density at radius 2 is 2.29 bits per heavy atom. The number of fused-ring (bicyclic) bond motifs is 1. The molecule has 2 rings (SSSR count). The van der Waals surface area contributed by atoms with Gasteiger partial charge in [0, 0.05) is 45.3 Å². The van der Waals surface area contributed by atoms with Gasteiger partial charge in [0.1, 0.15) is 5.82 Å². The molecule has 0 fully saturated rings. The highest BCUT2D eigenvalue weighted by Gasteiger charge is 2.19. The van der Waals surface area contributed by atoms with Crippen molar-refractivity contribution in [3.8, 4) is 0 Å². The van der Waals surface area contributed by atoms with E-state index in [9.17, 15) is 0 Å². The Morgan fingerprint density at radius 1 is 1.47 bits per heavy atom. The van der Waals surface area contributed by atoms with Gasteiger partial charge in [0.25, 0.3) is 0 Å². The van der Waals surface area contributed by atoms with Gasteiger partial charge in [-0.15, -0.1) is 0 Å². The van der Waals surface area contributed by atoms with Crippen molar-refractivity contribution in [2.75, 3.05) is 20.3 Å². The Morgan fingerprint density at radius 3 is 3.00 bits per heavy atom. The highest BCUT2D eigenvalue weighted by Crippen LogP contribution is 2.18.